The van der Waals surface area contributed by atoms with Gasteiger partial charge < -0.3 is 4.74 Å². The number of aromatic nitrogens is 5. The molecule has 0 aliphatic heterocycles. The Balaban J connectivity index is 1.75. The highest BCUT2D eigenvalue weighted by molar-refractivity contribution is 5.72. The molecule has 0 saturated carbocycles. The third-order valence-corrected chi connectivity index (χ3v) is 4.34. The number of benzene rings is 2. The summed E-state index contributed by atoms with van der Waals surface area (Å²) in [6.07, 6.45) is -3.32. The molecule has 0 fully saturated rings. The van der Waals surface area contributed by atoms with Gasteiger partial charge in [-0.15, -0.1) is 13.2 Å². The zero-order valence-corrected chi connectivity index (χ0v) is 15.6. The van der Waals surface area contributed by atoms with E-state index >= 15 is 0 Å². The van der Waals surface area contributed by atoms with Gasteiger partial charge in [0.25, 0.3) is 0 Å². The first-order valence-corrected chi connectivity index (χ1v) is 8.68. The van der Waals surface area contributed by atoms with Crippen LogP contribution in [0.2, 0.25) is 0 Å². The number of rotatable bonds is 4. The minimum absolute atomic E-state index is 0.255. The fourth-order valence-corrected chi connectivity index (χ4v) is 3.10. The molecule has 6 nitrogen and oxygen atoms in total. The number of nitrogens with zero attached hydrogens (tertiary/aromatic N) is 5. The summed E-state index contributed by atoms with van der Waals surface area (Å²) in [5, 5.41) is 8.63. The molecule has 0 aliphatic rings. The van der Waals surface area contributed by atoms with Crippen molar-refractivity contribution in [1.82, 2.24) is 24.5 Å². The molecule has 148 valence electrons. The first-order chi connectivity index (χ1) is 13.8. The van der Waals surface area contributed by atoms with Gasteiger partial charge in [-0.3, -0.25) is 0 Å². The lowest BCUT2D eigenvalue weighted by atomic mass is 10.0. The van der Waals surface area contributed by atoms with Crippen LogP contribution in [0.4, 0.5) is 13.2 Å². The second-order valence-corrected chi connectivity index (χ2v) is 6.38. The Labute approximate surface area is 164 Å². The zero-order valence-electron chi connectivity index (χ0n) is 15.6. The van der Waals surface area contributed by atoms with Crippen LogP contribution in [-0.2, 0) is 7.05 Å². The van der Waals surface area contributed by atoms with Crippen LogP contribution >= 0.6 is 0 Å². The summed E-state index contributed by atoms with van der Waals surface area (Å²) in [4.78, 5) is 4.20. The summed E-state index contributed by atoms with van der Waals surface area (Å²) in [5.41, 5.74) is 3.12. The molecule has 29 heavy (non-hydrogen) atoms. The molecule has 0 amide bonds. The first-order valence-electron chi connectivity index (χ1n) is 8.68. The average Bonchev–Trinajstić information content (AvgIpc) is 3.26. The second-order valence-electron chi connectivity index (χ2n) is 6.38. The molecule has 0 saturated heterocycles. The highest BCUT2D eigenvalue weighted by Crippen LogP contribution is 2.34. The van der Waals surface area contributed by atoms with E-state index in [1.54, 1.807) is 46.7 Å². The maximum atomic E-state index is 12.8. The van der Waals surface area contributed by atoms with Gasteiger partial charge in [0.2, 0.25) is 0 Å². The number of hydrogen-bond acceptors (Lipinski definition) is 4. The largest absolute Gasteiger partial charge is 0.573 e. The monoisotopic (exact) mass is 399 g/mol. The van der Waals surface area contributed by atoms with Crippen molar-refractivity contribution in [3.8, 4) is 34.1 Å². The molecule has 0 unspecified atom stereocenters. The van der Waals surface area contributed by atoms with E-state index in [-0.39, 0.29) is 5.75 Å². The van der Waals surface area contributed by atoms with Crippen molar-refractivity contribution in [2.24, 2.45) is 7.05 Å². The van der Waals surface area contributed by atoms with Gasteiger partial charge >= 0.3 is 6.36 Å². The van der Waals surface area contributed by atoms with E-state index in [1.165, 1.54) is 18.5 Å². The minimum atomic E-state index is -4.77. The van der Waals surface area contributed by atoms with Crippen molar-refractivity contribution in [1.29, 1.82) is 0 Å². The van der Waals surface area contributed by atoms with E-state index in [2.05, 4.69) is 19.9 Å². The number of alkyl halides is 3. The SMILES string of the molecule is Cc1cc(-c2ncnn2C)nn1-c1cccc(-c2ccccc2OC(F)(F)F)c1. The molecule has 0 bridgehead atoms. The molecule has 2 aromatic heterocycles. The number of hydrogen-bond donors (Lipinski definition) is 0. The van der Waals surface area contributed by atoms with Gasteiger partial charge in [-0.05, 0) is 36.8 Å². The first kappa shape index (κ1) is 18.7. The fourth-order valence-electron chi connectivity index (χ4n) is 3.10. The summed E-state index contributed by atoms with van der Waals surface area (Å²) in [6, 6.07) is 15.0. The normalized spacial score (nSPS) is 11.6. The smallest absolute Gasteiger partial charge is 0.405 e. The van der Waals surface area contributed by atoms with Crippen LogP contribution in [0.3, 0.4) is 0 Å². The van der Waals surface area contributed by atoms with Crippen molar-refractivity contribution in [3.05, 3.63) is 66.6 Å². The predicted octanol–water partition coefficient (Wildman–Crippen LogP) is 4.54. The van der Waals surface area contributed by atoms with Gasteiger partial charge in [-0.25, -0.2) is 14.3 Å². The Hall–Kier alpha value is -3.62. The Bertz CT molecular complexity index is 1160. The Morgan fingerprint density at radius 2 is 1.79 bits per heavy atom. The number of ether oxygens (including phenoxy) is 1. The molecular formula is C20H16F3N5O. The average molecular weight is 399 g/mol. The van der Waals surface area contributed by atoms with Gasteiger partial charge in [0.1, 0.15) is 17.8 Å². The lowest BCUT2D eigenvalue weighted by molar-refractivity contribution is -0.274. The van der Waals surface area contributed by atoms with Crippen molar-refractivity contribution >= 4 is 0 Å². The van der Waals surface area contributed by atoms with Crippen LogP contribution < -0.4 is 4.74 Å². The molecule has 4 rings (SSSR count). The van der Waals surface area contributed by atoms with Gasteiger partial charge in [-0.1, -0.05) is 30.3 Å². The Morgan fingerprint density at radius 3 is 2.52 bits per heavy atom. The Morgan fingerprint density at radius 1 is 1.00 bits per heavy atom. The number of aryl methyl sites for hydroxylation is 2. The minimum Gasteiger partial charge on any atom is -0.405 e. The molecular weight excluding hydrogens is 383 g/mol. The summed E-state index contributed by atoms with van der Waals surface area (Å²) in [5.74, 6) is 0.362. The van der Waals surface area contributed by atoms with Crippen molar-refractivity contribution < 1.29 is 17.9 Å². The van der Waals surface area contributed by atoms with Crippen molar-refractivity contribution in [2.45, 2.75) is 13.3 Å². The quantitative estimate of drug-likeness (QED) is 0.506. The molecule has 0 atom stereocenters. The predicted molar refractivity (Wildman–Crippen MR) is 100 cm³/mol. The maximum Gasteiger partial charge on any atom is 0.573 e. The molecule has 2 heterocycles. The molecule has 9 heteroatoms. The molecule has 0 aliphatic carbocycles. The summed E-state index contributed by atoms with van der Waals surface area (Å²) in [6.45, 7) is 1.89. The van der Waals surface area contributed by atoms with E-state index in [0.717, 1.165) is 5.69 Å². The van der Waals surface area contributed by atoms with Crippen LogP contribution in [0, 0.1) is 6.92 Å². The van der Waals surface area contributed by atoms with Crippen LogP contribution in [0.1, 0.15) is 5.69 Å². The van der Waals surface area contributed by atoms with Crippen LogP contribution in [0.25, 0.3) is 28.3 Å². The van der Waals surface area contributed by atoms with E-state index in [9.17, 15) is 13.2 Å². The van der Waals surface area contributed by atoms with Crippen LogP contribution in [-0.4, -0.2) is 30.9 Å². The van der Waals surface area contributed by atoms with Gasteiger partial charge in [0, 0.05) is 18.3 Å². The lowest BCUT2D eigenvalue weighted by Gasteiger charge is -2.14. The fraction of sp³-hybridized carbons (Fsp3) is 0.150. The maximum absolute atomic E-state index is 12.8. The zero-order chi connectivity index (χ0) is 20.6. The lowest BCUT2D eigenvalue weighted by Crippen LogP contribution is -2.17. The second kappa shape index (κ2) is 7.08. The van der Waals surface area contributed by atoms with E-state index < -0.39 is 6.36 Å². The summed E-state index contributed by atoms with van der Waals surface area (Å²) in [7, 11) is 1.77. The van der Waals surface area contributed by atoms with E-state index in [1.807, 2.05) is 19.1 Å². The summed E-state index contributed by atoms with van der Waals surface area (Å²) < 4.78 is 45.8. The third-order valence-electron chi connectivity index (χ3n) is 4.34. The van der Waals surface area contributed by atoms with Gasteiger partial charge in [0.05, 0.1) is 5.69 Å². The molecule has 0 radical (unpaired) electrons. The van der Waals surface area contributed by atoms with Crippen LogP contribution in [0.15, 0.2) is 60.9 Å². The standard InChI is InChI=1S/C20H16F3N5O/c1-13-10-17(19-24-12-25-27(19)2)26-28(13)15-7-5-6-14(11-15)16-8-3-4-9-18(16)29-20(21,22)23/h3-12H,1-2H3. The van der Waals surface area contributed by atoms with Crippen LogP contribution in [0.5, 0.6) is 5.75 Å². The molecule has 4 aromatic rings. The van der Waals surface area contributed by atoms with E-state index in [0.29, 0.717) is 28.3 Å². The van der Waals surface area contributed by atoms with Gasteiger partial charge in [-0.2, -0.15) is 10.2 Å². The third kappa shape index (κ3) is 3.84. The number of para-hydroxylation sites is 1. The van der Waals surface area contributed by atoms with E-state index in [4.69, 9.17) is 0 Å². The highest BCUT2D eigenvalue weighted by atomic mass is 19.4. The van der Waals surface area contributed by atoms with Crippen molar-refractivity contribution in [3.63, 3.8) is 0 Å². The number of halogens is 3. The topological polar surface area (TPSA) is 57.8 Å². The summed E-state index contributed by atoms with van der Waals surface area (Å²) >= 11 is 0. The Kier molecular flexibility index (Phi) is 4.57. The van der Waals surface area contributed by atoms with Crippen molar-refractivity contribution in [2.75, 3.05) is 0 Å². The molecule has 0 N–H and O–H groups in total. The molecule has 0 spiro atoms. The molecule has 2 aromatic carbocycles. The van der Waals surface area contributed by atoms with Gasteiger partial charge in [0.15, 0.2) is 5.82 Å². The highest BCUT2D eigenvalue weighted by Gasteiger charge is 2.32.